The third kappa shape index (κ3) is 2.76. The molecule has 18 heavy (non-hydrogen) atoms. The minimum atomic E-state index is 0.0779. The number of hydrogen-bond donors (Lipinski definition) is 0. The number of anilines is 1. The van der Waals surface area contributed by atoms with Gasteiger partial charge in [-0.2, -0.15) is 0 Å². The van der Waals surface area contributed by atoms with Crippen LogP contribution < -0.4 is 4.90 Å². The average molecular weight is 281 g/mol. The van der Waals surface area contributed by atoms with Gasteiger partial charge in [-0.15, -0.1) is 11.3 Å². The third-order valence-electron chi connectivity index (χ3n) is 2.50. The van der Waals surface area contributed by atoms with Crippen LogP contribution in [0.15, 0.2) is 5.38 Å². The molecule has 2 rings (SSSR count). The Morgan fingerprint density at radius 2 is 2.11 bits per heavy atom. The van der Waals surface area contributed by atoms with Crippen LogP contribution in [0.5, 0.6) is 0 Å². The van der Waals surface area contributed by atoms with Gasteiger partial charge in [0.2, 0.25) is 0 Å². The second-order valence-corrected chi connectivity index (χ2v) is 6.22. The fourth-order valence-electron chi connectivity index (χ4n) is 1.66. The first-order valence-corrected chi connectivity index (χ1v) is 7.27. The zero-order valence-corrected chi connectivity index (χ0v) is 12.5. The van der Waals surface area contributed by atoms with Gasteiger partial charge in [0.25, 0.3) is 0 Å². The quantitative estimate of drug-likeness (QED) is 0.808. The highest BCUT2D eigenvalue weighted by Gasteiger charge is 2.14. The van der Waals surface area contributed by atoms with Gasteiger partial charge in [0, 0.05) is 19.4 Å². The van der Waals surface area contributed by atoms with Crippen LogP contribution >= 0.6 is 22.7 Å². The van der Waals surface area contributed by atoms with Crippen molar-refractivity contribution in [2.24, 2.45) is 0 Å². The molecule has 0 aromatic carbocycles. The van der Waals surface area contributed by atoms with Crippen molar-refractivity contribution in [2.45, 2.75) is 27.3 Å². The molecular formula is C12H15N3OS2. The molecule has 2 aromatic heterocycles. The van der Waals surface area contributed by atoms with Crippen molar-refractivity contribution in [1.29, 1.82) is 0 Å². The molecule has 0 saturated heterocycles. The number of ketones is 1. The monoisotopic (exact) mass is 281 g/mol. The molecule has 0 saturated carbocycles. The Morgan fingerprint density at radius 1 is 1.39 bits per heavy atom. The van der Waals surface area contributed by atoms with Gasteiger partial charge in [0.15, 0.2) is 10.9 Å². The second kappa shape index (κ2) is 5.16. The van der Waals surface area contributed by atoms with Crippen molar-refractivity contribution in [1.82, 2.24) is 9.97 Å². The highest BCUT2D eigenvalue weighted by atomic mass is 32.1. The Balaban J connectivity index is 2.16. The van der Waals surface area contributed by atoms with Gasteiger partial charge >= 0.3 is 0 Å². The highest BCUT2D eigenvalue weighted by molar-refractivity contribution is 7.17. The Kier molecular flexibility index (Phi) is 3.77. The Labute approximate surface area is 114 Å². The van der Waals surface area contributed by atoms with E-state index in [2.05, 4.69) is 15.3 Å². The third-order valence-corrected chi connectivity index (χ3v) is 4.69. The Morgan fingerprint density at radius 3 is 2.61 bits per heavy atom. The van der Waals surface area contributed by atoms with E-state index in [4.69, 9.17) is 0 Å². The summed E-state index contributed by atoms with van der Waals surface area (Å²) in [5.41, 5.74) is 1.85. The minimum absolute atomic E-state index is 0.0779. The number of hydrogen-bond acceptors (Lipinski definition) is 6. The van der Waals surface area contributed by atoms with Crippen LogP contribution in [0.1, 0.15) is 33.0 Å². The summed E-state index contributed by atoms with van der Waals surface area (Å²) < 4.78 is 0. The van der Waals surface area contributed by atoms with E-state index in [-0.39, 0.29) is 5.78 Å². The van der Waals surface area contributed by atoms with E-state index in [1.807, 2.05) is 25.8 Å². The average Bonchev–Trinajstić information content (AvgIpc) is 2.85. The van der Waals surface area contributed by atoms with Crippen molar-refractivity contribution in [3.63, 3.8) is 0 Å². The lowest BCUT2D eigenvalue weighted by atomic mass is 10.3. The molecule has 0 atom stereocenters. The summed E-state index contributed by atoms with van der Waals surface area (Å²) in [5, 5.41) is 3.99. The Hall–Kier alpha value is -1.27. The molecule has 0 unspecified atom stereocenters. The standard InChI is InChI=1S/C12H15N3OS2/c1-7-11(8(2)16)18-12(13-7)15(4)5-10-6-17-9(3)14-10/h6H,5H2,1-4H3. The molecule has 6 heteroatoms. The molecule has 0 radical (unpaired) electrons. The van der Waals surface area contributed by atoms with E-state index >= 15 is 0 Å². The maximum atomic E-state index is 11.4. The van der Waals surface area contributed by atoms with E-state index < -0.39 is 0 Å². The number of rotatable bonds is 4. The van der Waals surface area contributed by atoms with E-state index in [9.17, 15) is 4.79 Å². The van der Waals surface area contributed by atoms with Gasteiger partial charge in [0.1, 0.15) is 0 Å². The van der Waals surface area contributed by atoms with Crippen molar-refractivity contribution in [3.05, 3.63) is 26.7 Å². The SMILES string of the molecule is CC(=O)c1sc(N(C)Cc2csc(C)n2)nc1C. The lowest BCUT2D eigenvalue weighted by molar-refractivity contribution is 0.102. The molecule has 0 aliphatic rings. The molecule has 2 aromatic rings. The first-order valence-electron chi connectivity index (χ1n) is 5.58. The first-order chi connectivity index (χ1) is 8.47. The number of carbonyl (C=O) groups excluding carboxylic acids is 1. The summed E-state index contributed by atoms with van der Waals surface area (Å²) in [6.45, 7) is 6.16. The van der Waals surface area contributed by atoms with E-state index in [0.29, 0.717) is 6.54 Å². The van der Waals surface area contributed by atoms with Gasteiger partial charge in [-0.3, -0.25) is 4.79 Å². The van der Waals surface area contributed by atoms with Crippen LogP contribution in [-0.2, 0) is 6.54 Å². The zero-order chi connectivity index (χ0) is 13.3. The van der Waals surface area contributed by atoms with Crippen LogP contribution in [0, 0.1) is 13.8 Å². The van der Waals surface area contributed by atoms with E-state index in [1.165, 1.54) is 11.3 Å². The van der Waals surface area contributed by atoms with Gasteiger partial charge < -0.3 is 4.90 Å². The van der Waals surface area contributed by atoms with Gasteiger partial charge in [0.05, 0.1) is 27.8 Å². The van der Waals surface area contributed by atoms with Crippen LogP contribution in [-0.4, -0.2) is 22.8 Å². The number of carbonyl (C=O) groups is 1. The predicted octanol–water partition coefficient (Wildman–Crippen LogP) is 3.06. The van der Waals surface area contributed by atoms with Crippen molar-refractivity contribution < 1.29 is 4.79 Å². The van der Waals surface area contributed by atoms with Gasteiger partial charge in [-0.05, 0) is 13.8 Å². The first kappa shape index (κ1) is 13.2. The Bertz CT molecular complexity index is 574. The fraction of sp³-hybridized carbons (Fsp3) is 0.417. The minimum Gasteiger partial charge on any atom is -0.345 e. The molecule has 2 heterocycles. The van der Waals surface area contributed by atoms with Crippen molar-refractivity contribution >= 4 is 33.6 Å². The van der Waals surface area contributed by atoms with Gasteiger partial charge in [-0.25, -0.2) is 9.97 Å². The molecule has 0 fully saturated rings. The highest BCUT2D eigenvalue weighted by Crippen LogP contribution is 2.26. The van der Waals surface area contributed by atoms with Crippen LogP contribution in [0.4, 0.5) is 5.13 Å². The summed E-state index contributed by atoms with van der Waals surface area (Å²) >= 11 is 3.09. The molecule has 0 amide bonds. The molecule has 0 N–H and O–H groups in total. The number of nitrogens with zero attached hydrogens (tertiary/aromatic N) is 3. The lowest BCUT2D eigenvalue weighted by Gasteiger charge is -2.13. The summed E-state index contributed by atoms with van der Waals surface area (Å²) in [6.07, 6.45) is 0. The normalized spacial score (nSPS) is 10.7. The number of Topliss-reactive ketones (excluding diaryl/α,β-unsaturated/α-hetero) is 1. The number of thiazole rings is 2. The summed E-state index contributed by atoms with van der Waals surface area (Å²) in [5.74, 6) is 0.0779. The molecular weight excluding hydrogens is 266 g/mol. The zero-order valence-electron chi connectivity index (χ0n) is 10.9. The van der Waals surface area contributed by atoms with Crippen molar-refractivity contribution in [2.75, 3.05) is 11.9 Å². The molecule has 0 aliphatic carbocycles. The summed E-state index contributed by atoms with van der Waals surface area (Å²) in [4.78, 5) is 23.0. The topological polar surface area (TPSA) is 46.1 Å². The van der Waals surface area contributed by atoms with Crippen LogP contribution in [0.3, 0.4) is 0 Å². The fourth-order valence-corrected chi connectivity index (χ4v) is 3.19. The molecule has 0 spiro atoms. The van der Waals surface area contributed by atoms with Crippen LogP contribution in [0.25, 0.3) is 0 Å². The lowest BCUT2D eigenvalue weighted by Crippen LogP contribution is -2.16. The molecule has 0 aliphatic heterocycles. The maximum absolute atomic E-state index is 11.4. The van der Waals surface area contributed by atoms with Gasteiger partial charge in [-0.1, -0.05) is 11.3 Å². The molecule has 96 valence electrons. The summed E-state index contributed by atoms with van der Waals surface area (Å²) in [6, 6.07) is 0. The largest absolute Gasteiger partial charge is 0.345 e. The second-order valence-electron chi connectivity index (χ2n) is 4.18. The van der Waals surface area contributed by atoms with Crippen molar-refractivity contribution in [3.8, 4) is 0 Å². The van der Waals surface area contributed by atoms with E-state index in [0.717, 1.165) is 26.4 Å². The smallest absolute Gasteiger partial charge is 0.186 e. The number of aromatic nitrogens is 2. The summed E-state index contributed by atoms with van der Waals surface area (Å²) in [7, 11) is 1.97. The van der Waals surface area contributed by atoms with Crippen LogP contribution in [0.2, 0.25) is 0 Å². The van der Waals surface area contributed by atoms with E-state index in [1.54, 1.807) is 18.3 Å². The predicted molar refractivity (Wildman–Crippen MR) is 75.8 cm³/mol. The molecule has 4 nitrogen and oxygen atoms in total. The maximum Gasteiger partial charge on any atom is 0.186 e. The number of aryl methyl sites for hydroxylation is 2. The molecule has 0 bridgehead atoms.